The van der Waals surface area contributed by atoms with E-state index in [0.29, 0.717) is 11.1 Å². The Bertz CT molecular complexity index is 519. The highest BCUT2D eigenvalue weighted by molar-refractivity contribution is 6.81. The lowest BCUT2D eigenvalue weighted by Gasteiger charge is -2.23. The van der Waals surface area contributed by atoms with Crippen LogP contribution in [0.1, 0.15) is 20.7 Å². The van der Waals surface area contributed by atoms with Gasteiger partial charge in [0.2, 0.25) is 9.04 Å². The molecule has 0 atom stereocenters. The molecule has 95 valence electrons. The molecule has 0 amide bonds. The SMILES string of the molecule is C[Si](O[Si](C)(C)C)c1cccc2c1C(=O)OC2=O. The Hall–Kier alpha value is -1.25. The molecular weight excluding hydrogens is 264 g/mol. The lowest BCUT2D eigenvalue weighted by Crippen LogP contribution is -2.42. The van der Waals surface area contributed by atoms with Gasteiger partial charge in [-0.25, -0.2) is 9.59 Å². The summed E-state index contributed by atoms with van der Waals surface area (Å²) in [7, 11) is -2.96. The van der Waals surface area contributed by atoms with Gasteiger partial charge in [0.15, 0.2) is 8.32 Å². The van der Waals surface area contributed by atoms with Crippen LogP contribution in [-0.2, 0) is 8.85 Å². The average Bonchev–Trinajstić information content (AvgIpc) is 2.52. The monoisotopic (exact) mass is 279 g/mol. The van der Waals surface area contributed by atoms with Crippen molar-refractivity contribution in [3.8, 4) is 0 Å². The van der Waals surface area contributed by atoms with Gasteiger partial charge < -0.3 is 8.85 Å². The van der Waals surface area contributed by atoms with Crippen LogP contribution in [0.5, 0.6) is 0 Å². The highest BCUT2D eigenvalue weighted by Crippen LogP contribution is 2.19. The van der Waals surface area contributed by atoms with Crippen LogP contribution in [0.2, 0.25) is 26.2 Å². The van der Waals surface area contributed by atoms with E-state index in [9.17, 15) is 9.59 Å². The lowest BCUT2D eigenvalue weighted by molar-refractivity contribution is 0.0444. The first-order chi connectivity index (χ1) is 8.29. The van der Waals surface area contributed by atoms with Crippen molar-refractivity contribution < 1.29 is 18.4 Å². The first-order valence-electron chi connectivity index (χ1n) is 5.72. The van der Waals surface area contributed by atoms with E-state index in [1.165, 1.54) is 0 Å². The van der Waals surface area contributed by atoms with Gasteiger partial charge in [-0.2, -0.15) is 0 Å². The third-order valence-electron chi connectivity index (χ3n) is 2.51. The molecule has 0 saturated carbocycles. The fourth-order valence-electron chi connectivity index (χ4n) is 1.94. The molecule has 1 aliphatic rings. The largest absolute Gasteiger partial charge is 0.453 e. The van der Waals surface area contributed by atoms with Gasteiger partial charge in [-0.15, -0.1) is 0 Å². The van der Waals surface area contributed by atoms with Crippen LogP contribution in [0, 0.1) is 0 Å². The second-order valence-electron chi connectivity index (χ2n) is 5.18. The number of rotatable bonds is 3. The van der Waals surface area contributed by atoms with Crippen molar-refractivity contribution >= 4 is 34.5 Å². The minimum absolute atomic E-state index is 0.362. The number of carbonyl (C=O) groups excluding carboxylic acids is 2. The number of esters is 2. The molecule has 0 aromatic heterocycles. The van der Waals surface area contributed by atoms with Gasteiger partial charge in [0.1, 0.15) is 0 Å². The van der Waals surface area contributed by atoms with Gasteiger partial charge in [0.25, 0.3) is 0 Å². The molecule has 0 unspecified atom stereocenters. The molecule has 0 saturated heterocycles. The Morgan fingerprint density at radius 2 is 1.83 bits per heavy atom. The van der Waals surface area contributed by atoms with Gasteiger partial charge in [-0.3, -0.25) is 0 Å². The molecule has 18 heavy (non-hydrogen) atoms. The quantitative estimate of drug-likeness (QED) is 0.480. The van der Waals surface area contributed by atoms with Crippen molar-refractivity contribution in [3.63, 3.8) is 0 Å². The Morgan fingerprint density at radius 3 is 2.44 bits per heavy atom. The first-order valence-corrected chi connectivity index (χ1v) is 11.0. The van der Waals surface area contributed by atoms with Gasteiger partial charge in [0.05, 0.1) is 11.1 Å². The van der Waals surface area contributed by atoms with Gasteiger partial charge in [0, 0.05) is 0 Å². The fourth-order valence-corrected chi connectivity index (χ4v) is 6.97. The summed E-state index contributed by atoms with van der Waals surface area (Å²) < 4.78 is 10.7. The number of hydrogen-bond donors (Lipinski definition) is 0. The minimum atomic E-state index is -1.67. The minimum Gasteiger partial charge on any atom is -0.453 e. The Balaban J connectivity index is 2.42. The molecule has 1 aromatic carbocycles. The van der Waals surface area contributed by atoms with Crippen LogP contribution in [0.25, 0.3) is 0 Å². The summed E-state index contributed by atoms with van der Waals surface area (Å²) in [6.45, 7) is 8.31. The molecule has 0 spiro atoms. The van der Waals surface area contributed by atoms with Crippen LogP contribution in [0.15, 0.2) is 18.2 Å². The molecule has 6 heteroatoms. The van der Waals surface area contributed by atoms with E-state index in [1.54, 1.807) is 12.1 Å². The third-order valence-corrected chi connectivity index (χ3v) is 7.36. The molecule has 4 nitrogen and oxygen atoms in total. The summed E-state index contributed by atoms with van der Waals surface area (Å²) >= 11 is 0. The molecule has 0 aliphatic carbocycles. The predicted molar refractivity (Wildman–Crippen MR) is 71.9 cm³/mol. The summed E-state index contributed by atoms with van der Waals surface area (Å²) in [4.78, 5) is 23.2. The Kier molecular flexibility index (Phi) is 3.26. The Labute approximate surface area is 109 Å². The molecule has 0 N–H and O–H groups in total. The molecule has 2 rings (SSSR count). The van der Waals surface area contributed by atoms with Crippen LogP contribution < -0.4 is 5.19 Å². The normalized spacial score (nSPS) is 14.9. The van der Waals surface area contributed by atoms with Crippen LogP contribution in [-0.4, -0.2) is 29.3 Å². The number of carbonyl (C=O) groups is 2. The van der Waals surface area contributed by atoms with Crippen molar-refractivity contribution in [1.29, 1.82) is 0 Å². The van der Waals surface area contributed by atoms with Crippen LogP contribution >= 0.6 is 0 Å². The topological polar surface area (TPSA) is 52.6 Å². The van der Waals surface area contributed by atoms with E-state index >= 15 is 0 Å². The second kappa shape index (κ2) is 4.45. The summed E-state index contributed by atoms with van der Waals surface area (Å²) in [5, 5.41) is 0.829. The van der Waals surface area contributed by atoms with E-state index in [1.807, 2.05) is 12.6 Å². The molecule has 0 fully saturated rings. The van der Waals surface area contributed by atoms with Gasteiger partial charge in [-0.1, -0.05) is 12.1 Å². The lowest BCUT2D eigenvalue weighted by atomic mass is 10.1. The maximum absolute atomic E-state index is 11.7. The van der Waals surface area contributed by atoms with Crippen LogP contribution in [0.4, 0.5) is 0 Å². The van der Waals surface area contributed by atoms with Crippen molar-refractivity contribution in [2.75, 3.05) is 0 Å². The highest BCUT2D eigenvalue weighted by atomic mass is 28.4. The third kappa shape index (κ3) is 2.45. The zero-order valence-corrected chi connectivity index (χ0v) is 12.9. The zero-order valence-electron chi connectivity index (χ0n) is 10.9. The summed E-state index contributed by atoms with van der Waals surface area (Å²) in [6, 6.07) is 5.25. The Morgan fingerprint density at radius 1 is 1.17 bits per heavy atom. The first kappa shape index (κ1) is 13.2. The number of fused-ring (bicyclic) bond motifs is 1. The summed E-state index contributed by atoms with van der Waals surface area (Å²) in [6.07, 6.45) is 0. The number of benzene rings is 1. The van der Waals surface area contributed by atoms with Gasteiger partial charge in [-0.05, 0) is 37.4 Å². The van der Waals surface area contributed by atoms with Crippen molar-refractivity contribution in [1.82, 2.24) is 0 Å². The van der Waals surface area contributed by atoms with Crippen molar-refractivity contribution in [2.24, 2.45) is 0 Å². The zero-order chi connectivity index (χ0) is 13.5. The number of hydrogen-bond acceptors (Lipinski definition) is 4. The summed E-state index contributed by atoms with van der Waals surface area (Å²) in [5.41, 5.74) is 0.762. The maximum atomic E-state index is 11.7. The van der Waals surface area contributed by atoms with Crippen LogP contribution in [0.3, 0.4) is 0 Å². The van der Waals surface area contributed by atoms with E-state index in [0.717, 1.165) is 5.19 Å². The van der Waals surface area contributed by atoms with E-state index in [2.05, 4.69) is 24.4 Å². The standard InChI is InChI=1S/C12H15O4Si2/c1-17(16-18(2,3)4)9-7-5-6-8-10(9)12(14)15-11(8)13/h5-7H,1-4H3. The maximum Gasteiger partial charge on any atom is 0.346 e. The smallest absolute Gasteiger partial charge is 0.346 e. The van der Waals surface area contributed by atoms with E-state index in [-0.39, 0.29) is 0 Å². The summed E-state index contributed by atoms with van der Waals surface area (Å²) in [5.74, 6) is -1.10. The van der Waals surface area contributed by atoms with Gasteiger partial charge >= 0.3 is 11.9 Å². The van der Waals surface area contributed by atoms with Crippen molar-refractivity contribution in [2.45, 2.75) is 26.2 Å². The molecular formula is C12H15O4Si2. The molecule has 1 heterocycles. The number of ether oxygens (including phenoxy) is 1. The number of cyclic esters (lactones) is 2. The highest BCUT2D eigenvalue weighted by Gasteiger charge is 2.35. The molecule has 1 aliphatic heterocycles. The molecule has 1 radical (unpaired) electrons. The fraction of sp³-hybridized carbons (Fsp3) is 0.333. The average molecular weight is 279 g/mol. The second-order valence-corrected chi connectivity index (χ2v) is 11.9. The molecule has 1 aromatic rings. The predicted octanol–water partition coefficient (Wildman–Crippen LogP) is 1.68. The van der Waals surface area contributed by atoms with Crippen molar-refractivity contribution in [3.05, 3.63) is 29.3 Å². The van der Waals surface area contributed by atoms with E-state index < -0.39 is 29.3 Å². The molecule has 0 bridgehead atoms. The van der Waals surface area contributed by atoms with E-state index in [4.69, 9.17) is 4.12 Å².